The summed E-state index contributed by atoms with van der Waals surface area (Å²) < 4.78 is 148. The average molecular weight is 685 g/mol. The van der Waals surface area contributed by atoms with Crippen molar-refractivity contribution < 1.29 is 79.7 Å². The van der Waals surface area contributed by atoms with Crippen LogP contribution < -0.4 is 0 Å². The van der Waals surface area contributed by atoms with E-state index in [2.05, 4.69) is 9.97 Å². The van der Waals surface area contributed by atoms with Crippen LogP contribution in [-0.4, -0.2) is 32.5 Å². The maximum atomic E-state index is 12.5. The number of allylic oxidation sites excluding steroid dienone is 2. The van der Waals surface area contributed by atoms with E-state index in [4.69, 9.17) is 10.2 Å². The number of fused-ring (bicyclic) bond motifs is 2. The number of hydrogen-bond donors (Lipinski definition) is 2. The van der Waals surface area contributed by atoms with Crippen LogP contribution >= 0.6 is 22.7 Å². The van der Waals surface area contributed by atoms with Crippen LogP contribution in [0.25, 0.3) is 32.6 Å². The van der Waals surface area contributed by atoms with E-state index in [9.17, 15) is 52.7 Å². The predicted molar refractivity (Wildman–Crippen MR) is 123 cm³/mol. The summed E-state index contributed by atoms with van der Waals surface area (Å²) in [6.45, 7) is 0. The van der Waals surface area contributed by atoms with Gasteiger partial charge in [0.15, 0.2) is 0 Å². The van der Waals surface area contributed by atoms with Gasteiger partial charge in [-0.3, -0.25) is 0 Å². The Morgan fingerprint density at radius 2 is 0.902 bits per heavy atom. The first-order chi connectivity index (χ1) is 18.1. The molecule has 0 atom stereocenters. The zero-order valence-electron chi connectivity index (χ0n) is 19.1. The molecule has 2 N–H and O–H groups in total. The van der Waals surface area contributed by atoms with Gasteiger partial charge in [0.1, 0.15) is 10.0 Å². The molecule has 2 aromatic carbocycles. The van der Waals surface area contributed by atoms with E-state index in [-0.39, 0.29) is 47.2 Å². The first-order valence-corrected chi connectivity index (χ1v) is 11.7. The number of aromatic nitrogens is 2. The van der Waals surface area contributed by atoms with Gasteiger partial charge in [0.2, 0.25) is 11.5 Å². The second kappa shape index (κ2) is 12.1. The van der Waals surface area contributed by atoms with Crippen molar-refractivity contribution in [2.45, 2.75) is 24.7 Å². The number of aliphatic hydroxyl groups excluding tert-OH is 2. The standard InChI is InChI=1S/2C11H5F6NOS.Co/c2*12-10(13,14)5-1-2-6-7(3-5)20-9(18-6)4-8(19)11(15,16)17;/h2*1-4,19H;/b2*8-4-;. The molecule has 0 unspecified atom stereocenters. The summed E-state index contributed by atoms with van der Waals surface area (Å²) in [7, 11) is 0. The molecule has 0 fully saturated rings. The van der Waals surface area contributed by atoms with Crippen molar-refractivity contribution in [3.63, 3.8) is 0 Å². The number of halogens is 12. The Bertz CT molecular complexity index is 1460. The van der Waals surface area contributed by atoms with Gasteiger partial charge in [-0.1, -0.05) is 0 Å². The summed E-state index contributed by atoms with van der Waals surface area (Å²) in [5, 5.41) is 17.1. The molecule has 41 heavy (non-hydrogen) atoms. The Labute approximate surface area is 238 Å². The maximum Gasteiger partial charge on any atom is 0.448 e. The van der Waals surface area contributed by atoms with Crippen molar-refractivity contribution in [3.8, 4) is 0 Å². The molecule has 19 heteroatoms. The molecule has 0 saturated heterocycles. The molecule has 0 spiro atoms. The van der Waals surface area contributed by atoms with Crippen LogP contribution in [0, 0.1) is 0 Å². The summed E-state index contributed by atoms with van der Waals surface area (Å²) in [5.74, 6) is -3.71. The van der Waals surface area contributed by atoms with Crippen LogP contribution in [0.5, 0.6) is 0 Å². The van der Waals surface area contributed by atoms with Crippen LogP contribution in [-0.2, 0) is 29.1 Å². The Morgan fingerprint density at radius 3 is 1.17 bits per heavy atom. The number of rotatable bonds is 2. The third kappa shape index (κ3) is 8.97. The van der Waals surface area contributed by atoms with Crippen molar-refractivity contribution in [1.82, 2.24) is 9.97 Å². The molecule has 1 radical (unpaired) electrons. The second-order valence-corrected chi connectivity index (χ2v) is 9.64. The third-order valence-corrected chi connectivity index (χ3v) is 6.50. The molecule has 2 aromatic heterocycles. The smallest absolute Gasteiger partial charge is 0.448 e. The van der Waals surface area contributed by atoms with E-state index in [1.54, 1.807) is 0 Å². The second-order valence-electron chi connectivity index (χ2n) is 7.52. The molecule has 0 aliphatic heterocycles. The number of nitrogens with zero attached hydrogens (tertiary/aromatic N) is 2. The number of hydrogen-bond acceptors (Lipinski definition) is 6. The van der Waals surface area contributed by atoms with Gasteiger partial charge in [-0.2, -0.15) is 52.7 Å². The molecule has 0 amide bonds. The summed E-state index contributed by atoms with van der Waals surface area (Å²) in [6.07, 6.45) is -18.2. The van der Waals surface area contributed by atoms with Crippen LogP contribution in [0.1, 0.15) is 21.1 Å². The van der Waals surface area contributed by atoms with Crippen molar-refractivity contribution in [3.05, 3.63) is 69.1 Å². The largest absolute Gasteiger partial charge is 0.504 e. The Kier molecular flexibility index (Phi) is 10.1. The molecule has 225 valence electrons. The molecule has 0 aliphatic rings. The number of alkyl halides is 12. The van der Waals surface area contributed by atoms with Gasteiger partial charge in [-0.25, -0.2) is 9.97 Å². The molecular weight excluding hydrogens is 675 g/mol. The third-order valence-electron chi connectivity index (χ3n) is 4.57. The van der Waals surface area contributed by atoms with Gasteiger partial charge < -0.3 is 10.2 Å². The minimum atomic E-state index is -4.92. The molecular formula is C22H10CoF12N2O2S2. The van der Waals surface area contributed by atoms with Crippen molar-refractivity contribution >= 4 is 55.3 Å². The van der Waals surface area contributed by atoms with E-state index in [0.717, 1.165) is 36.4 Å². The molecule has 0 aliphatic carbocycles. The fraction of sp³-hybridized carbons (Fsp3) is 0.182. The zero-order chi connectivity index (χ0) is 30.3. The van der Waals surface area contributed by atoms with Gasteiger partial charge in [-0.05, 0) is 36.4 Å². The Balaban J connectivity index is 0.000000280. The predicted octanol–water partition coefficient (Wildman–Crippen LogP) is 9.55. The van der Waals surface area contributed by atoms with Gasteiger partial charge in [0.05, 0.1) is 31.6 Å². The summed E-state index contributed by atoms with van der Waals surface area (Å²) in [6, 6.07) is 5.32. The van der Waals surface area contributed by atoms with E-state index in [1.807, 2.05) is 0 Å². The molecule has 4 aromatic rings. The number of thiazole rings is 2. The molecule has 0 bridgehead atoms. The van der Waals surface area contributed by atoms with Crippen molar-refractivity contribution in [1.29, 1.82) is 0 Å². The summed E-state index contributed by atoms with van der Waals surface area (Å²) >= 11 is 1.25. The first kappa shape index (κ1) is 34.2. The van der Waals surface area contributed by atoms with Crippen molar-refractivity contribution in [2.24, 2.45) is 0 Å². The summed E-state index contributed by atoms with van der Waals surface area (Å²) in [4.78, 5) is 7.41. The Morgan fingerprint density at radius 1 is 0.585 bits per heavy atom. The quantitative estimate of drug-likeness (QED) is 0.163. The van der Waals surface area contributed by atoms with Crippen LogP contribution in [0.2, 0.25) is 0 Å². The molecule has 4 rings (SSSR count). The van der Waals surface area contributed by atoms with Gasteiger partial charge >= 0.3 is 24.7 Å². The first-order valence-electron chi connectivity index (χ1n) is 10.1. The van der Waals surface area contributed by atoms with E-state index in [1.165, 1.54) is 0 Å². The van der Waals surface area contributed by atoms with Gasteiger partial charge in [0.25, 0.3) is 0 Å². The summed E-state index contributed by atoms with van der Waals surface area (Å²) in [5.41, 5.74) is -1.57. The molecule has 4 nitrogen and oxygen atoms in total. The normalized spacial score (nSPS) is 13.7. The zero-order valence-corrected chi connectivity index (χ0v) is 21.8. The van der Waals surface area contributed by atoms with Crippen LogP contribution in [0.15, 0.2) is 47.9 Å². The average Bonchev–Trinajstić information content (AvgIpc) is 3.38. The van der Waals surface area contributed by atoms with E-state index in [0.29, 0.717) is 34.8 Å². The fourth-order valence-corrected chi connectivity index (χ4v) is 4.65. The van der Waals surface area contributed by atoms with Crippen molar-refractivity contribution in [2.75, 3.05) is 0 Å². The maximum absolute atomic E-state index is 12.5. The van der Waals surface area contributed by atoms with Crippen LogP contribution in [0.4, 0.5) is 52.7 Å². The molecule has 0 saturated carbocycles. The van der Waals surface area contributed by atoms with Gasteiger partial charge in [0, 0.05) is 28.9 Å². The van der Waals surface area contributed by atoms with E-state index >= 15 is 0 Å². The van der Waals surface area contributed by atoms with Crippen LogP contribution in [0.3, 0.4) is 0 Å². The Hall–Kier alpha value is -3.03. The number of benzene rings is 2. The monoisotopic (exact) mass is 685 g/mol. The number of aliphatic hydroxyl groups is 2. The minimum absolute atomic E-state index is 0. The molecule has 2 heterocycles. The fourth-order valence-electron chi connectivity index (χ4n) is 2.76. The topological polar surface area (TPSA) is 66.2 Å². The van der Waals surface area contributed by atoms with E-state index < -0.39 is 47.4 Å². The minimum Gasteiger partial charge on any atom is -0.504 e. The van der Waals surface area contributed by atoms with Gasteiger partial charge in [-0.15, -0.1) is 22.7 Å². The SMILES string of the molecule is O/C(=C\c1nc2ccc(C(F)(F)F)cc2s1)C(F)(F)F.O/C(=C\c1nc2ccc(C(F)(F)F)cc2s1)C(F)(F)F.[Co].